The van der Waals surface area contributed by atoms with E-state index in [-0.39, 0.29) is 11.7 Å². The molecule has 1 aliphatic carbocycles. The molecule has 0 N–H and O–H groups in total. The first-order valence-electron chi connectivity index (χ1n) is 7.66. The minimum absolute atomic E-state index is 0.266. The van der Waals surface area contributed by atoms with Crippen LogP contribution in [0.4, 0.5) is 0 Å². The molecule has 1 fully saturated rings. The first kappa shape index (κ1) is 16.5. The van der Waals surface area contributed by atoms with Gasteiger partial charge in [-0.05, 0) is 31.6 Å². The zero-order chi connectivity index (χ0) is 14.3. The van der Waals surface area contributed by atoms with Crippen molar-refractivity contribution in [2.75, 3.05) is 5.75 Å². The van der Waals surface area contributed by atoms with Crippen LogP contribution in [0.2, 0.25) is 0 Å². The molecule has 0 bridgehead atoms. The van der Waals surface area contributed by atoms with Gasteiger partial charge in [0.25, 0.3) is 0 Å². The summed E-state index contributed by atoms with van der Waals surface area (Å²) < 4.78 is 24.9. The third-order valence-corrected chi connectivity index (χ3v) is 6.56. The molecule has 0 amide bonds. The van der Waals surface area contributed by atoms with Crippen molar-refractivity contribution in [3.8, 4) is 6.07 Å². The Balaban J connectivity index is 2.71. The van der Waals surface area contributed by atoms with Gasteiger partial charge >= 0.3 is 0 Å². The summed E-state index contributed by atoms with van der Waals surface area (Å²) in [4.78, 5) is 0. The van der Waals surface area contributed by atoms with Crippen LogP contribution >= 0.6 is 0 Å². The predicted octanol–water partition coefficient (Wildman–Crippen LogP) is 3.70. The van der Waals surface area contributed by atoms with Gasteiger partial charge in [0, 0.05) is 0 Å². The maximum atomic E-state index is 12.4. The minimum Gasteiger partial charge on any atom is -0.229 e. The first-order chi connectivity index (χ1) is 9.05. The first-order valence-corrected chi connectivity index (χ1v) is 9.37. The molecule has 19 heavy (non-hydrogen) atoms. The van der Waals surface area contributed by atoms with Crippen LogP contribution < -0.4 is 0 Å². The zero-order valence-electron chi connectivity index (χ0n) is 12.3. The number of nitriles is 1. The van der Waals surface area contributed by atoms with E-state index in [0.29, 0.717) is 12.3 Å². The summed E-state index contributed by atoms with van der Waals surface area (Å²) >= 11 is 0. The summed E-state index contributed by atoms with van der Waals surface area (Å²) in [6, 6.07) is 2.23. The molecule has 4 heteroatoms. The van der Waals surface area contributed by atoms with Crippen LogP contribution in [0, 0.1) is 23.2 Å². The Morgan fingerprint density at radius 3 is 2.47 bits per heavy atom. The van der Waals surface area contributed by atoms with Gasteiger partial charge in [-0.15, -0.1) is 0 Å². The Bertz CT molecular complexity index is 397. The number of hydrogen-bond acceptors (Lipinski definition) is 3. The van der Waals surface area contributed by atoms with E-state index in [4.69, 9.17) is 0 Å². The molecule has 3 unspecified atom stereocenters. The molecule has 0 spiro atoms. The number of nitrogens with zero attached hydrogens (tertiary/aromatic N) is 1. The molecule has 0 aromatic heterocycles. The molecule has 3 atom stereocenters. The molecule has 0 aliphatic heterocycles. The molecule has 1 saturated carbocycles. The number of unbranched alkanes of at least 4 members (excludes halogenated alkanes) is 2. The molecular weight excluding hydrogens is 258 g/mol. The van der Waals surface area contributed by atoms with Crippen molar-refractivity contribution in [3.63, 3.8) is 0 Å². The van der Waals surface area contributed by atoms with Crippen molar-refractivity contribution in [2.45, 2.75) is 70.5 Å². The lowest BCUT2D eigenvalue weighted by Gasteiger charge is -2.32. The molecule has 0 aromatic rings. The van der Waals surface area contributed by atoms with E-state index in [2.05, 4.69) is 19.9 Å². The van der Waals surface area contributed by atoms with Crippen molar-refractivity contribution >= 4 is 9.84 Å². The van der Waals surface area contributed by atoms with E-state index in [1.54, 1.807) is 0 Å². The fraction of sp³-hybridized carbons (Fsp3) is 0.933. The molecule has 3 nitrogen and oxygen atoms in total. The van der Waals surface area contributed by atoms with Gasteiger partial charge in [0.2, 0.25) is 0 Å². The summed E-state index contributed by atoms with van der Waals surface area (Å²) in [5, 5.41) is 8.79. The van der Waals surface area contributed by atoms with Crippen molar-refractivity contribution in [1.82, 2.24) is 0 Å². The van der Waals surface area contributed by atoms with E-state index in [1.165, 1.54) is 0 Å². The van der Waals surface area contributed by atoms with Crippen molar-refractivity contribution < 1.29 is 8.42 Å². The maximum Gasteiger partial charge on any atom is 0.154 e. The van der Waals surface area contributed by atoms with Crippen LogP contribution in [0.15, 0.2) is 0 Å². The van der Waals surface area contributed by atoms with Gasteiger partial charge in [-0.3, -0.25) is 0 Å². The van der Waals surface area contributed by atoms with E-state index in [0.717, 1.165) is 44.9 Å². The second-order valence-corrected chi connectivity index (χ2v) is 8.16. The van der Waals surface area contributed by atoms with Crippen LogP contribution in [0.5, 0.6) is 0 Å². The Hall–Kier alpha value is -0.560. The normalized spacial score (nSPS) is 27.9. The van der Waals surface area contributed by atoms with Gasteiger partial charge in [-0.1, -0.05) is 39.5 Å². The third-order valence-electron chi connectivity index (χ3n) is 4.26. The fourth-order valence-corrected chi connectivity index (χ4v) is 5.30. The smallest absolute Gasteiger partial charge is 0.154 e. The van der Waals surface area contributed by atoms with Gasteiger partial charge in [-0.25, -0.2) is 8.42 Å². The van der Waals surface area contributed by atoms with E-state index >= 15 is 0 Å². The molecule has 0 heterocycles. The lowest BCUT2D eigenvalue weighted by Crippen LogP contribution is -2.37. The Kier molecular flexibility index (Phi) is 6.85. The molecule has 0 saturated heterocycles. The Morgan fingerprint density at radius 1 is 1.16 bits per heavy atom. The van der Waals surface area contributed by atoms with Crippen LogP contribution in [0.3, 0.4) is 0 Å². The summed E-state index contributed by atoms with van der Waals surface area (Å²) in [5.74, 6) is 0.489. The Morgan fingerprint density at radius 2 is 1.89 bits per heavy atom. The summed E-state index contributed by atoms with van der Waals surface area (Å²) in [5.41, 5.74) is 0. The third kappa shape index (κ3) is 4.80. The SMILES string of the molecule is CCCCCS(=O)(=O)C1CC(CCC)CCC1C#N. The quantitative estimate of drug-likeness (QED) is 0.670. The van der Waals surface area contributed by atoms with Gasteiger partial charge in [0.1, 0.15) is 0 Å². The van der Waals surface area contributed by atoms with E-state index in [1.807, 2.05) is 0 Å². The van der Waals surface area contributed by atoms with Gasteiger partial charge in [0.05, 0.1) is 23.0 Å². The average Bonchev–Trinajstić information content (AvgIpc) is 2.39. The Labute approximate surface area is 118 Å². The van der Waals surface area contributed by atoms with Crippen LogP contribution in [-0.2, 0) is 9.84 Å². The second kappa shape index (κ2) is 7.89. The van der Waals surface area contributed by atoms with Crippen LogP contribution in [0.25, 0.3) is 0 Å². The van der Waals surface area contributed by atoms with Crippen molar-refractivity contribution in [2.24, 2.45) is 11.8 Å². The molecule has 0 radical (unpaired) electrons. The number of hydrogen-bond donors (Lipinski definition) is 0. The maximum absolute atomic E-state index is 12.4. The predicted molar refractivity (Wildman–Crippen MR) is 78.5 cm³/mol. The largest absolute Gasteiger partial charge is 0.229 e. The summed E-state index contributed by atoms with van der Waals surface area (Å²) in [7, 11) is -3.09. The number of sulfone groups is 1. The molecule has 1 aliphatic rings. The lowest BCUT2D eigenvalue weighted by atomic mass is 9.80. The van der Waals surface area contributed by atoms with Gasteiger partial charge < -0.3 is 0 Å². The topological polar surface area (TPSA) is 57.9 Å². The monoisotopic (exact) mass is 285 g/mol. The van der Waals surface area contributed by atoms with E-state index in [9.17, 15) is 13.7 Å². The van der Waals surface area contributed by atoms with Crippen molar-refractivity contribution in [3.05, 3.63) is 0 Å². The fourth-order valence-electron chi connectivity index (χ4n) is 3.13. The summed E-state index contributed by atoms with van der Waals surface area (Å²) in [6.07, 6.45) is 7.42. The second-order valence-electron chi connectivity index (χ2n) is 5.82. The van der Waals surface area contributed by atoms with Gasteiger partial charge in [0.15, 0.2) is 9.84 Å². The number of rotatable bonds is 7. The van der Waals surface area contributed by atoms with E-state index < -0.39 is 15.1 Å². The highest BCUT2D eigenvalue weighted by atomic mass is 32.2. The van der Waals surface area contributed by atoms with Crippen LogP contribution in [0.1, 0.15) is 65.2 Å². The highest BCUT2D eigenvalue weighted by Crippen LogP contribution is 2.35. The highest BCUT2D eigenvalue weighted by molar-refractivity contribution is 7.92. The lowest BCUT2D eigenvalue weighted by molar-refractivity contribution is 0.298. The van der Waals surface area contributed by atoms with Gasteiger partial charge in [-0.2, -0.15) is 5.26 Å². The van der Waals surface area contributed by atoms with Crippen molar-refractivity contribution in [1.29, 1.82) is 5.26 Å². The molecule has 110 valence electrons. The minimum atomic E-state index is -3.09. The highest BCUT2D eigenvalue weighted by Gasteiger charge is 2.38. The molecular formula is C15H27NO2S. The van der Waals surface area contributed by atoms with Crippen LogP contribution in [-0.4, -0.2) is 19.4 Å². The molecule has 1 rings (SSSR count). The zero-order valence-corrected chi connectivity index (χ0v) is 13.1. The summed E-state index contributed by atoms with van der Waals surface area (Å²) in [6.45, 7) is 4.21. The average molecular weight is 285 g/mol. The standard InChI is InChI=1S/C15H27NO2S/c1-3-5-6-10-19(17,18)15-11-13(7-4-2)8-9-14(15)12-16/h13-15H,3-11H2,1-2H3. The molecule has 0 aromatic carbocycles.